The molecule has 0 aliphatic heterocycles. The van der Waals surface area contributed by atoms with E-state index in [0.29, 0.717) is 23.5 Å². The van der Waals surface area contributed by atoms with Crippen molar-refractivity contribution in [2.75, 3.05) is 0 Å². The van der Waals surface area contributed by atoms with Gasteiger partial charge >= 0.3 is 0 Å². The highest BCUT2D eigenvalue weighted by Gasteiger charge is 2.30. The molecule has 1 aromatic rings. The molecule has 1 aliphatic rings. The minimum absolute atomic E-state index is 0.442. The number of aryl methyl sites for hydroxylation is 1. The Kier molecular flexibility index (Phi) is 5.86. The van der Waals surface area contributed by atoms with Crippen LogP contribution in [0.4, 0.5) is 0 Å². The van der Waals surface area contributed by atoms with Crippen LogP contribution in [0.25, 0.3) is 0 Å². The molecule has 1 unspecified atom stereocenters. The van der Waals surface area contributed by atoms with Gasteiger partial charge in [0.1, 0.15) is 5.75 Å². The zero-order chi connectivity index (χ0) is 17.0. The number of hydrogen-bond acceptors (Lipinski definition) is 3. The van der Waals surface area contributed by atoms with Crippen LogP contribution in [0.1, 0.15) is 75.0 Å². The number of fused-ring (bicyclic) bond motifs is 1. The molecule has 0 radical (unpaired) electrons. The van der Waals surface area contributed by atoms with Crippen molar-refractivity contribution in [1.82, 2.24) is 0 Å². The zero-order valence-corrected chi connectivity index (χ0v) is 14.7. The zero-order valence-electron chi connectivity index (χ0n) is 14.7. The lowest BCUT2D eigenvalue weighted by atomic mass is 9.71. The van der Waals surface area contributed by atoms with E-state index in [1.165, 1.54) is 18.2 Å². The number of nitrogens with zero attached hydrogens (tertiary/aromatic N) is 1. The van der Waals surface area contributed by atoms with Gasteiger partial charge in [-0.2, -0.15) is 0 Å². The molecule has 0 aromatic heterocycles. The van der Waals surface area contributed by atoms with Gasteiger partial charge < -0.3 is 10.3 Å². The number of benzene rings is 1. The number of oxime groups is 1. The van der Waals surface area contributed by atoms with Crippen LogP contribution in [0.5, 0.6) is 5.75 Å². The van der Waals surface area contributed by atoms with Crippen LogP contribution < -0.4 is 0 Å². The molecule has 126 valence electrons. The molecule has 2 rings (SSSR count). The molecular formula is C20H29NO2. The standard InChI is InChI=1S/C20H29NO2/c1-13(12-21-23)6-5-7-15(3)17-9-8-16(4)20-18(17)10-14(2)11-19(20)22/h6,10-12,15-17,22-23H,5,7-9H2,1-4H3/b13-6+,21-12+/t15-,16+,17?/m0/s1. The van der Waals surface area contributed by atoms with Crippen molar-refractivity contribution in [2.24, 2.45) is 11.1 Å². The molecule has 1 aliphatic carbocycles. The lowest BCUT2D eigenvalue weighted by Gasteiger charge is -2.34. The van der Waals surface area contributed by atoms with Crippen LogP contribution in [0.15, 0.2) is 28.9 Å². The summed E-state index contributed by atoms with van der Waals surface area (Å²) in [5.41, 5.74) is 4.65. The lowest BCUT2D eigenvalue weighted by molar-refractivity contribution is 0.321. The van der Waals surface area contributed by atoms with Crippen LogP contribution in [0, 0.1) is 12.8 Å². The van der Waals surface area contributed by atoms with E-state index in [1.807, 2.05) is 13.0 Å². The fraction of sp³-hybridized carbons (Fsp3) is 0.550. The summed E-state index contributed by atoms with van der Waals surface area (Å²) < 4.78 is 0. The van der Waals surface area contributed by atoms with Gasteiger partial charge in [0.2, 0.25) is 0 Å². The molecule has 0 saturated heterocycles. The first-order chi connectivity index (χ1) is 10.9. The maximum Gasteiger partial charge on any atom is 0.119 e. The first-order valence-corrected chi connectivity index (χ1v) is 8.61. The van der Waals surface area contributed by atoms with Crippen molar-refractivity contribution in [3.8, 4) is 5.75 Å². The van der Waals surface area contributed by atoms with E-state index in [-0.39, 0.29) is 0 Å². The Hall–Kier alpha value is -1.77. The molecular weight excluding hydrogens is 286 g/mol. The van der Waals surface area contributed by atoms with Crippen molar-refractivity contribution in [3.63, 3.8) is 0 Å². The lowest BCUT2D eigenvalue weighted by Crippen LogP contribution is -2.19. The highest BCUT2D eigenvalue weighted by atomic mass is 16.4. The van der Waals surface area contributed by atoms with Crippen molar-refractivity contribution < 1.29 is 10.3 Å². The Morgan fingerprint density at radius 2 is 2.13 bits per heavy atom. The Morgan fingerprint density at radius 3 is 2.83 bits per heavy atom. The van der Waals surface area contributed by atoms with Gasteiger partial charge in [0.05, 0.1) is 6.21 Å². The van der Waals surface area contributed by atoms with Crippen LogP contribution in [0.2, 0.25) is 0 Å². The molecule has 1 aromatic carbocycles. The Morgan fingerprint density at radius 1 is 1.39 bits per heavy atom. The molecule has 0 amide bonds. The second-order valence-corrected chi connectivity index (χ2v) is 7.12. The predicted molar refractivity (Wildman–Crippen MR) is 95.7 cm³/mol. The molecule has 2 N–H and O–H groups in total. The van der Waals surface area contributed by atoms with E-state index in [9.17, 15) is 5.11 Å². The first-order valence-electron chi connectivity index (χ1n) is 8.61. The van der Waals surface area contributed by atoms with Crippen LogP contribution in [-0.4, -0.2) is 16.5 Å². The quantitative estimate of drug-likeness (QED) is 0.428. The number of rotatable bonds is 5. The maximum atomic E-state index is 10.4. The molecule has 0 spiro atoms. The highest BCUT2D eigenvalue weighted by Crippen LogP contribution is 2.47. The fourth-order valence-electron chi connectivity index (χ4n) is 3.89. The summed E-state index contributed by atoms with van der Waals surface area (Å²) in [5.74, 6) is 2.00. The van der Waals surface area contributed by atoms with Crippen molar-refractivity contribution >= 4 is 6.21 Å². The second kappa shape index (κ2) is 7.67. The van der Waals surface area contributed by atoms with Gasteiger partial charge in [0, 0.05) is 5.56 Å². The molecule has 0 heterocycles. The second-order valence-electron chi connectivity index (χ2n) is 7.12. The van der Waals surface area contributed by atoms with Gasteiger partial charge in [-0.25, -0.2) is 0 Å². The van der Waals surface area contributed by atoms with E-state index < -0.39 is 0 Å². The predicted octanol–water partition coefficient (Wildman–Crippen LogP) is 5.50. The van der Waals surface area contributed by atoms with Crippen molar-refractivity contribution in [3.05, 3.63) is 40.5 Å². The number of hydrogen-bond donors (Lipinski definition) is 2. The monoisotopic (exact) mass is 315 g/mol. The van der Waals surface area contributed by atoms with Gasteiger partial charge in [0.15, 0.2) is 0 Å². The number of aromatic hydroxyl groups is 1. The van der Waals surface area contributed by atoms with Gasteiger partial charge in [-0.1, -0.05) is 31.1 Å². The molecule has 0 saturated carbocycles. The topological polar surface area (TPSA) is 52.8 Å². The van der Waals surface area contributed by atoms with Crippen molar-refractivity contribution in [1.29, 1.82) is 0 Å². The summed E-state index contributed by atoms with van der Waals surface area (Å²) in [6, 6.07) is 4.16. The summed E-state index contributed by atoms with van der Waals surface area (Å²) in [6.07, 6.45) is 8.02. The molecule has 0 fully saturated rings. The van der Waals surface area contributed by atoms with E-state index in [2.05, 4.69) is 38.1 Å². The SMILES string of the molecule is CC(/C=N/O)=C\CC[C@H](C)C1CC[C@@H](C)c2c(O)cc(C)cc21. The summed E-state index contributed by atoms with van der Waals surface area (Å²) in [7, 11) is 0. The van der Waals surface area contributed by atoms with E-state index >= 15 is 0 Å². The normalized spacial score (nSPS) is 23.0. The largest absolute Gasteiger partial charge is 0.508 e. The van der Waals surface area contributed by atoms with Crippen LogP contribution in [0.3, 0.4) is 0 Å². The first kappa shape index (κ1) is 17.6. The third-order valence-electron chi connectivity index (χ3n) is 5.17. The Bertz CT molecular complexity index is 604. The number of allylic oxidation sites excluding steroid dienone is 2. The fourth-order valence-corrected chi connectivity index (χ4v) is 3.89. The van der Waals surface area contributed by atoms with E-state index in [0.717, 1.165) is 36.0 Å². The van der Waals surface area contributed by atoms with Gasteiger partial charge in [-0.15, -0.1) is 0 Å². The van der Waals surface area contributed by atoms with Crippen molar-refractivity contribution in [2.45, 2.75) is 65.2 Å². The Labute approximate surface area is 139 Å². The minimum atomic E-state index is 0.442. The third-order valence-corrected chi connectivity index (χ3v) is 5.17. The summed E-state index contributed by atoms with van der Waals surface area (Å²) in [4.78, 5) is 0. The van der Waals surface area contributed by atoms with Gasteiger partial charge in [0.25, 0.3) is 0 Å². The third kappa shape index (κ3) is 4.15. The Balaban J connectivity index is 2.15. The van der Waals surface area contributed by atoms with Gasteiger partial charge in [-0.3, -0.25) is 0 Å². The summed E-state index contributed by atoms with van der Waals surface area (Å²) >= 11 is 0. The number of phenols is 1. The summed E-state index contributed by atoms with van der Waals surface area (Å²) in [6.45, 7) is 8.53. The van der Waals surface area contributed by atoms with Crippen LogP contribution >= 0.6 is 0 Å². The maximum absolute atomic E-state index is 10.4. The van der Waals surface area contributed by atoms with Gasteiger partial charge in [-0.05, 0) is 80.1 Å². The molecule has 3 heteroatoms. The van der Waals surface area contributed by atoms with Crippen LogP contribution in [-0.2, 0) is 0 Å². The molecule has 3 atom stereocenters. The molecule has 0 bridgehead atoms. The average molecular weight is 315 g/mol. The summed E-state index contributed by atoms with van der Waals surface area (Å²) in [5, 5.41) is 22.0. The smallest absolute Gasteiger partial charge is 0.119 e. The van der Waals surface area contributed by atoms with E-state index in [1.54, 1.807) is 0 Å². The van der Waals surface area contributed by atoms with E-state index in [4.69, 9.17) is 5.21 Å². The average Bonchev–Trinajstić information content (AvgIpc) is 2.46. The molecule has 23 heavy (non-hydrogen) atoms. The number of phenolic OH excluding ortho intramolecular Hbond substituents is 1. The minimum Gasteiger partial charge on any atom is -0.508 e. The molecule has 3 nitrogen and oxygen atoms in total. The highest BCUT2D eigenvalue weighted by molar-refractivity contribution is 5.76.